The molecule has 0 heterocycles. The number of amides is 6. The van der Waals surface area contributed by atoms with Gasteiger partial charge in [-0.05, 0) is 60.4 Å². The van der Waals surface area contributed by atoms with Crippen LogP contribution in [0.3, 0.4) is 0 Å². The summed E-state index contributed by atoms with van der Waals surface area (Å²) in [6, 6.07) is 21.2. The lowest BCUT2D eigenvalue weighted by Gasteiger charge is -2.26. The molecule has 4 aromatic rings. The Hall–Kier alpha value is -7.54. The lowest BCUT2D eigenvalue weighted by molar-refractivity contribution is -0.192. The van der Waals surface area contributed by atoms with Crippen LogP contribution in [0, 0.1) is 0 Å². The van der Waals surface area contributed by atoms with Crippen molar-refractivity contribution in [2.75, 3.05) is 13.2 Å². The van der Waals surface area contributed by atoms with E-state index in [1.807, 2.05) is 30.3 Å². The number of carbonyl (C=O) groups excluding carboxylic acids is 7. The number of carboxylic acid groups (broad SMARTS) is 1. The van der Waals surface area contributed by atoms with Gasteiger partial charge in [0.05, 0.1) is 19.3 Å². The van der Waals surface area contributed by atoms with Gasteiger partial charge in [-0.25, -0.2) is 4.79 Å². The van der Waals surface area contributed by atoms with Crippen LogP contribution in [0.2, 0.25) is 0 Å². The summed E-state index contributed by atoms with van der Waals surface area (Å²) >= 11 is 1.01. The van der Waals surface area contributed by atoms with Crippen molar-refractivity contribution in [3.05, 3.63) is 131 Å². The Labute approximate surface area is 415 Å². The number of phenols is 2. The van der Waals surface area contributed by atoms with Crippen LogP contribution >= 0.6 is 11.8 Å². The molecule has 0 aliphatic rings. The third kappa shape index (κ3) is 20.8. The number of benzene rings is 4. The van der Waals surface area contributed by atoms with E-state index in [1.54, 1.807) is 42.5 Å². The molecule has 24 heteroatoms. The van der Waals surface area contributed by atoms with Gasteiger partial charge in [-0.1, -0.05) is 96.7 Å². The summed E-state index contributed by atoms with van der Waals surface area (Å²) in [5, 5.41) is 61.6. The minimum Gasteiger partial charge on any atom is -0.508 e. The van der Waals surface area contributed by atoms with E-state index in [0.717, 1.165) is 17.3 Å². The van der Waals surface area contributed by atoms with Gasteiger partial charge < -0.3 is 63.2 Å². The van der Waals surface area contributed by atoms with Crippen molar-refractivity contribution in [1.29, 1.82) is 0 Å². The number of hydrogen-bond donors (Lipinski definition) is 12. The van der Waals surface area contributed by atoms with Crippen molar-refractivity contribution in [1.82, 2.24) is 31.9 Å². The quantitative estimate of drug-likeness (QED) is 0.0481. The Morgan fingerprint density at radius 1 is 0.556 bits per heavy atom. The van der Waals surface area contributed by atoms with Gasteiger partial charge in [0.2, 0.25) is 40.6 Å². The van der Waals surface area contributed by atoms with E-state index in [1.165, 1.54) is 50.2 Å². The number of halogens is 3. The number of aliphatic hydroxyl groups is 2. The predicted octanol–water partition coefficient (Wildman–Crippen LogP) is 0.480. The average molecular weight is 1030 g/mol. The Morgan fingerprint density at radius 3 is 1.36 bits per heavy atom. The number of aromatic hydroxyl groups is 2. The molecule has 0 bridgehead atoms. The summed E-state index contributed by atoms with van der Waals surface area (Å²) in [4.78, 5) is 103. The molecule has 20 nitrogen and oxygen atoms in total. The number of thioether (sulfide) groups is 1. The first-order valence-corrected chi connectivity index (χ1v) is 22.9. The lowest BCUT2D eigenvalue weighted by atomic mass is 10.0. The van der Waals surface area contributed by atoms with Crippen molar-refractivity contribution in [3.63, 3.8) is 0 Å². The molecule has 0 aromatic heterocycles. The van der Waals surface area contributed by atoms with Crippen LogP contribution in [0.15, 0.2) is 109 Å². The van der Waals surface area contributed by atoms with Crippen molar-refractivity contribution in [2.45, 2.75) is 87.4 Å². The standard InChI is InChI=1S/C46H55N7O11S.C2HF3O2/c1-27(41(59)50-35(22-30-13-17-33(56)18-14-30)42(60)48-24-39(58)65-26-32-11-7-4-8-12-32)49-45(63)38(25-54)53-44(62)36(23-31-15-19-34(57)20-16-31)51-43(61)37(21-29-9-5-3-6-10-29)52-46(64)40(47)28(2)55;3-2(4,5)1(6)7/h3-20,27-28,35-38,40,54-57H,21-26,47H2,1-2H3,(H,48,60)(H,49,63)(H,50,59)(H,51,61)(H,52,64)(H,53,62);(H,6,7)/t27-,28+,35-,36-,37-,38-,40-;/m0./s1. The predicted molar refractivity (Wildman–Crippen MR) is 255 cm³/mol. The molecule has 0 saturated heterocycles. The summed E-state index contributed by atoms with van der Waals surface area (Å²) in [5.74, 6) is -7.58. The van der Waals surface area contributed by atoms with Crippen molar-refractivity contribution >= 4 is 58.3 Å². The second kappa shape index (κ2) is 29.0. The fourth-order valence-electron chi connectivity index (χ4n) is 6.19. The van der Waals surface area contributed by atoms with Crippen LogP contribution in [0.5, 0.6) is 11.5 Å². The largest absolute Gasteiger partial charge is 0.508 e. The van der Waals surface area contributed by atoms with E-state index in [4.69, 9.17) is 15.6 Å². The summed E-state index contributed by atoms with van der Waals surface area (Å²) in [6.07, 6.45) is -6.61. The molecule has 0 aliphatic heterocycles. The van der Waals surface area contributed by atoms with Gasteiger partial charge in [0, 0.05) is 25.0 Å². The van der Waals surface area contributed by atoms with Gasteiger partial charge in [-0.15, -0.1) is 0 Å². The van der Waals surface area contributed by atoms with E-state index in [-0.39, 0.29) is 42.4 Å². The molecule has 388 valence electrons. The number of carbonyl (C=O) groups is 8. The fraction of sp³-hybridized carbons (Fsp3) is 0.333. The zero-order chi connectivity index (χ0) is 53.5. The molecule has 4 rings (SSSR count). The number of rotatable bonds is 23. The van der Waals surface area contributed by atoms with Crippen LogP contribution in [0.1, 0.15) is 36.1 Å². The highest BCUT2D eigenvalue weighted by Gasteiger charge is 2.38. The smallest absolute Gasteiger partial charge is 0.490 e. The first kappa shape index (κ1) is 58.8. The number of nitrogens with one attached hydrogen (secondary N) is 6. The molecule has 0 aliphatic carbocycles. The fourth-order valence-corrected chi connectivity index (χ4v) is 6.88. The maximum atomic E-state index is 13.9. The molecule has 72 heavy (non-hydrogen) atoms. The molecule has 7 atom stereocenters. The number of aliphatic hydroxyl groups excluding tert-OH is 2. The van der Waals surface area contributed by atoms with Crippen molar-refractivity contribution < 1.29 is 77.1 Å². The first-order valence-electron chi connectivity index (χ1n) is 21.9. The second-order valence-corrected chi connectivity index (χ2v) is 17.1. The van der Waals surface area contributed by atoms with Gasteiger partial charge in [0.15, 0.2) is 0 Å². The van der Waals surface area contributed by atoms with Gasteiger partial charge >= 0.3 is 12.1 Å². The number of aliphatic carboxylic acids is 1. The molecule has 0 unspecified atom stereocenters. The number of phenolic OH excluding ortho intramolecular Hbond substituents is 2. The number of nitrogens with two attached hydrogens (primary N) is 1. The lowest BCUT2D eigenvalue weighted by Crippen LogP contribution is -2.60. The van der Waals surface area contributed by atoms with E-state index in [2.05, 4.69) is 31.9 Å². The molecular weight excluding hydrogens is 972 g/mol. The van der Waals surface area contributed by atoms with E-state index in [0.29, 0.717) is 22.4 Å². The van der Waals surface area contributed by atoms with E-state index in [9.17, 15) is 67.2 Å². The maximum absolute atomic E-state index is 13.9. The van der Waals surface area contributed by atoms with Crippen LogP contribution < -0.4 is 37.6 Å². The third-order valence-corrected chi connectivity index (χ3v) is 11.2. The number of alkyl halides is 3. The number of carboxylic acids is 1. The number of hydrogen-bond acceptors (Lipinski definition) is 14. The summed E-state index contributed by atoms with van der Waals surface area (Å²) in [7, 11) is 0. The Kier molecular flexibility index (Phi) is 23.6. The highest BCUT2D eigenvalue weighted by molar-refractivity contribution is 8.13. The maximum Gasteiger partial charge on any atom is 0.490 e. The zero-order valence-corrected chi connectivity index (χ0v) is 39.6. The molecule has 0 saturated carbocycles. The van der Waals surface area contributed by atoms with Crippen LogP contribution in [-0.2, 0) is 63.4 Å². The van der Waals surface area contributed by atoms with Gasteiger partial charge in [-0.3, -0.25) is 33.6 Å². The molecule has 0 fully saturated rings. The Balaban J connectivity index is 0.00000181. The summed E-state index contributed by atoms with van der Waals surface area (Å²) in [6.45, 7) is 1.33. The third-order valence-electron chi connectivity index (χ3n) is 10.2. The van der Waals surface area contributed by atoms with E-state index >= 15 is 0 Å². The normalized spacial score (nSPS) is 13.9. The Bertz CT molecular complexity index is 2440. The van der Waals surface area contributed by atoms with Gasteiger partial charge in [-0.2, -0.15) is 13.2 Å². The topological polar surface area (TPSA) is 336 Å². The SMILES string of the molecule is C[C@H](NC(=O)[C@H](CO)NC(=O)[C@H](Cc1ccc(O)cc1)NC(=O)[C@H](Cc1ccccc1)NC(=O)[C@@H](N)[C@@H](C)O)C(=O)N[C@@H](Cc1ccc(O)cc1)C(=O)NCC(=O)SCc1ccccc1.O=C(O)C(F)(F)F. The minimum atomic E-state index is -5.08. The molecule has 4 aromatic carbocycles. The molecule has 0 spiro atoms. The monoisotopic (exact) mass is 1030 g/mol. The summed E-state index contributed by atoms with van der Waals surface area (Å²) < 4.78 is 31.7. The molecule has 0 radical (unpaired) electrons. The average Bonchev–Trinajstić information content (AvgIpc) is 3.34. The minimum absolute atomic E-state index is 0.0226. The van der Waals surface area contributed by atoms with Crippen molar-refractivity contribution in [2.24, 2.45) is 5.73 Å². The van der Waals surface area contributed by atoms with Crippen LogP contribution in [0.4, 0.5) is 13.2 Å². The first-order chi connectivity index (χ1) is 34.0. The Morgan fingerprint density at radius 2 is 0.931 bits per heavy atom. The van der Waals surface area contributed by atoms with Gasteiger partial charge in [0.25, 0.3) is 0 Å². The second-order valence-electron chi connectivity index (χ2n) is 16.0. The highest BCUT2D eigenvalue weighted by atomic mass is 32.2. The molecular formula is C48H56F3N7O13S. The molecule has 13 N–H and O–H groups in total. The van der Waals surface area contributed by atoms with Gasteiger partial charge in [0.1, 0.15) is 47.8 Å². The summed E-state index contributed by atoms with van der Waals surface area (Å²) in [5.41, 5.74) is 8.42. The van der Waals surface area contributed by atoms with E-state index < -0.39 is 96.6 Å². The van der Waals surface area contributed by atoms with Crippen LogP contribution in [0.25, 0.3) is 0 Å². The van der Waals surface area contributed by atoms with Crippen molar-refractivity contribution in [3.8, 4) is 11.5 Å². The van der Waals surface area contributed by atoms with Crippen LogP contribution in [-0.4, -0.2) is 134 Å². The highest BCUT2D eigenvalue weighted by Crippen LogP contribution is 2.16. The molecule has 6 amide bonds. The zero-order valence-electron chi connectivity index (χ0n) is 38.8.